The van der Waals surface area contributed by atoms with Crippen LogP contribution in [0.15, 0.2) is 53.4 Å². The summed E-state index contributed by atoms with van der Waals surface area (Å²) in [4.78, 5) is 23.2. The van der Waals surface area contributed by atoms with Gasteiger partial charge in [-0.2, -0.15) is 4.72 Å². The molecule has 0 unspecified atom stereocenters. The zero-order chi connectivity index (χ0) is 21.4. The Morgan fingerprint density at radius 3 is 2.38 bits per heavy atom. The lowest BCUT2D eigenvalue weighted by Crippen LogP contribution is -2.30. The van der Waals surface area contributed by atoms with Gasteiger partial charge in [-0.3, -0.25) is 9.59 Å². The second kappa shape index (κ2) is 9.85. The van der Waals surface area contributed by atoms with Crippen molar-refractivity contribution >= 4 is 33.7 Å². The minimum Gasteiger partial charge on any atom is -0.496 e. The van der Waals surface area contributed by atoms with Crippen molar-refractivity contribution in [3.63, 3.8) is 0 Å². The summed E-state index contributed by atoms with van der Waals surface area (Å²) in [7, 11) is -1.14. The zero-order valence-corrected chi connectivity index (χ0v) is 17.1. The fourth-order valence-corrected chi connectivity index (χ4v) is 3.33. The van der Waals surface area contributed by atoms with Crippen molar-refractivity contribution < 1.29 is 27.5 Å². The smallest absolute Gasteiger partial charge is 0.320 e. The van der Waals surface area contributed by atoms with Gasteiger partial charge in [0.1, 0.15) is 12.3 Å². The Morgan fingerprint density at radius 2 is 1.76 bits per heavy atom. The summed E-state index contributed by atoms with van der Waals surface area (Å²) in [6.45, 7) is 1.47. The number of benzene rings is 2. The van der Waals surface area contributed by atoms with Gasteiger partial charge >= 0.3 is 5.97 Å². The Balaban J connectivity index is 2.03. The summed E-state index contributed by atoms with van der Waals surface area (Å²) in [6.07, 6.45) is 3.00. The summed E-state index contributed by atoms with van der Waals surface area (Å²) in [6, 6.07) is 11.2. The quantitative estimate of drug-likeness (QED) is 0.502. The van der Waals surface area contributed by atoms with Crippen molar-refractivity contribution in [2.24, 2.45) is 0 Å². The van der Waals surface area contributed by atoms with Gasteiger partial charge in [-0.05, 0) is 49.4 Å². The van der Waals surface area contributed by atoms with Gasteiger partial charge in [0.05, 0.1) is 19.1 Å². The molecule has 0 aliphatic rings. The highest BCUT2D eigenvalue weighted by atomic mass is 32.2. The van der Waals surface area contributed by atoms with E-state index >= 15 is 0 Å². The van der Waals surface area contributed by atoms with Crippen LogP contribution in [0.4, 0.5) is 5.69 Å². The third-order valence-corrected chi connectivity index (χ3v) is 5.28. The number of hydrogen-bond acceptors (Lipinski definition) is 6. The lowest BCUT2D eigenvalue weighted by Gasteiger charge is -2.08. The number of nitrogens with one attached hydrogen (secondary N) is 2. The lowest BCUT2D eigenvalue weighted by atomic mass is 10.1. The number of carbonyl (C=O) groups is 2. The fraction of sp³-hybridized carbons (Fsp3) is 0.200. The van der Waals surface area contributed by atoms with Crippen molar-refractivity contribution in [2.45, 2.75) is 11.8 Å². The maximum atomic E-state index is 12.1. The standard InChI is InChI=1S/C20H22N2O6S/c1-14-4-10-18(27-2)15(12-14)5-11-19(23)22-16-6-8-17(9-7-16)29(25,26)21-13-20(24)28-3/h4-12,21H,13H2,1-3H3,(H,22,23)/b11-5+. The van der Waals surface area contributed by atoms with E-state index in [1.54, 1.807) is 13.2 Å². The number of sulfonamides is 1. The monoisotopic (exact) mass is 418 g/mol. The van der Waals surface area contributed by atoms with Gasteiger partial charge in [0.15, 0.2) is 0 Å². The number of aryl methyl sites for hydroxylation is 1. The van der Waals surface area contributed by atoms with Crippen molar-refractivity contribution in [1.82, 2.24) is 4.72 Å². The minimum absolute atomic E-state index is 0.0422. The molecule has 29 heavy (non-hydrogen) atoms. The molecule has 0 saturated carbocycles. The van der Waals surface area contributed by atoms with Crippen LogP contribution in [0.5, 0.6) is 5.75 Å². The number of ether oxygens (including phenoxy) is 2. The Hall–Kier alpha value is -3.17. The first-order valence-corrected chi connectivity index (χ1v) is 10.0. The Kier molecular flexibility index (Phi) is 7.52. The van der Waals surface area contributed by atoms with Crippen LogP contribution in [0.3, 0.4) is 0 Å². The molecule has 0 fully saturated rings. The van der Waals surface area contributed by atoms with Gasteiger partial charge in [0.2, 0.25) is 15.9 Å². The van der Waals surface area contributed by atoms with E-state index in [1.807, 2.05) is 25.1 Å². The van der Waals surface area contributed by atoms with E-state index in [1.165, 1.54) is 30.3 Å². The average molecular weight is 418 g/mol. The lowest BCUT2D eigenvalue weighted by molar-refractivity contribution is -0.139. The largest absolute Gasteiger partial charge is 0.496 e. The van der Waals surface area contributed by atoms with Gasteiger partial charge in [0, 0.05) is 17.3 Å². The van der Waals surface area contributed by atoms with E-state index in [4.69, 9.17) is 4.74 Å². The SMILES string of the molecule is COC(=O)CNS(=O)(=O)c1ccc(NC(=O)/C=C/c2cc(C)ccc2OC)cc1. The number of carbonyl (C=O) groups excluding carboxylic acids is 2. The topological polar surface area (TPSA) is 111 Å². The first kappa shape index (κ1) is 22.1. The van der Waals surface area contributed by atoms with Crippen molar-refractivity contribution in [1.29, 1.82) is 0 Å². The third-order valence-electron chi connectivity index (χ3n) is 3.87. The summed E-state index contributed by atoms with van der Waals surface area (Å²) in [5.41, 5.74) is 2.21. The van der Waals surface area contributed by atoms with Crippen molar-refractivity contribution in [3.05, 3.63) is 59.7 Å². The molecule has 0 aliphatic carbocycles. The van der Waals surface area contributed by atoms with Gasteiger partial charge in [0.25, 0.3) is 0 Å². The Labute approximate surface area is 169 Å². The minimum atomic E-state index is -3.86. The molecule has 0 bridgehead atoms. The van der Waals surface area contributed by atoms with Crippen molar-refractivity contribution in [2.75, 3.05) is 26.1 Å². The highest BCUT2D eigenvalue weighted by Gasteiger charge is 2.15. The van der Waals surface area contributed by atoms with Crippen LogP contribution in [-0.4, -0.2) is 41.1 Å². The molecule has 2 aromatic rings. The molecule has 0 heterocycles. The number of rotatable bonds is 8. The molecule has 0 aliphatic heterocycles. The van der Waals surface area contributed by atoms with Crippen LogP contribution in [0.2, 0.25) is 0 Å². The maximum Gasteiger partial charge on any atom is 0.320 e. The van der Waals surface area contributed by atoms with Crippen molar-refractivity contribution in [3.8, 4) is 5.75 Å². The molecule has 2 aromatic carbocycles. The second-order valence-corrected chi connectivity index (χ2v) is 7.76. The van der Waals surface area contributed by atoms with Gasteiger partial charge in [-0.1, -0.05) is 11.6 Å². The molecule has 8 nitrogen and oxygen atoms in total. The Morgan fingerprint density at radius 1 is 1.07 bits per heavy atom. The molecule has 2 rings (SSSR count). The Bertz CT molecular complexity index is 1010. The molecule has 0 atom stereocenters. The van der Waals surface area contributed by atoms with Crippen LogP contribution >= 0.6 is 0 Å². The number of esters is 1. The average Bonchev–Trinajstić information content (AvgIpc) is 2.71. The van der Waals surface area contributed by atoms with Crippen LogP contribution < -0.4 is 14.8 Å². The first-order valence-electron chi connectivity index (χ1n) is 8.55. The summed E-state index contributed by atoms with van der Waals surface area (Å²) in [5.74, 6) is -0.434. The predicted molar refractivity (Wildman–Crippen MR) is 109 cm³/mol. The highest BCUT2D eigenvalue weighted by molar-refractivity contribution is 7.89. The predicted octanol–water partition coefficient (Wildman–Crippen LogP) is 2.11. The third kappa shape index (κ3) is 6.44. The fourth-order valence-electron chi connectivity index (χ4n) is 2.36. The van der Waals surface area contributed by atoms with E-state index in [0.29, 0.717) is 11.4 Å². The maximum absolute atomic E-state index is 12.1. The van der Waals surface area contributed by atoms with Gasteiger partial charge in [-0.15, -0.1) is 0 Å². The van der Waals surface area contributed by atoms with E-state index < -0.39 is 22.5 Å². The van der Waals surface area contributed by atoms with Crippen LogP contribution in [0.25, 0.3) is 6.08 Å². The number of anilines is 1. The van der Waals surface area contributed by atoms with Crippen LogP contribution in [-0.2, 0) is 24.3 Å². The molecule has 2 N–H and O–H groups in total. The normalized spacial score (nSPS) is 11.3. The molecular weight excluding hydrogens is 396 g/mol. The summed E-state index contributed by atoms with van der Waals surface area (Å²) >= 11 is 0. The van der Waals surface area contributed by atoms with E-state index in [2.05, 4.69) is 14.8 Å². The molecule has 0 spiro atoms. The zero-order valence-electron chi connectivity index (χ0n) is 16.3. The van der Waals surface area contributed by atoms with E-state index in [0.717, 1.165) is 18.2 Å². The number of amides is 1. The number of methoxy groups -OCH3 is 2. The first-order chi connectivity index (χ1) is 13.7. The van der Waals surface area contributed by atoms with Gasteiger partial charge < -0.3 is 14.8 Å². The van der Waals surface area contributed by atoms with E-state index in [9.17, 15) is 18.0 Å². The molecule has 9 heteroatoms. The number of hydrogen-bond donors (Lipinski definition) is 2. The molecule has 1 amide bonds. The van der Waals surface area contributed by atoms with Crippen LogP contribution in [0.1, 0.15) is 11.1 Å². The molecular formula is C20H22N2O6S. The molecule has 0 aromatic heterocycles. The van der Waals surface area contributed by atoms with Gasteiger partial charge in [-0.25, -0.2) is 8.42 Å². The van der Waals surface area contributed by atoms with Crippen LogP contribution in [0, 0.1) is 6.92 Å². The second-order valence-electron chi connectivity index (χ2n) is 5.99. The molecule has 0 radical (unpaired) electrons. The molecule has 0 saturated heterocycles. The van der Waals surface area contributed by atoms with E-state index in [-0.39, 0.29) is 10.8 Å². The summed E-state index contributed by atoms with van der Waals surface area (Å²) in [5, 5.41) is 2.65. The molecule has 154 valence electrons. The highest BCUT2D eigenvalue weighted by Crippen LogP contribution is 2.21. The summed E-state index contributed by atoms with van der Waals surface area (Å²) < 4.78 is 36.0.